The summed E-state index contributed by atoms with van der Waals surface area (Å²) in [4.78, 5) is 0.274. The van der Waals surface area contributed by atoms with Crippen molar-refractivity contribution in [2.24, 2.45) is 0 Å². The summed E-state index contributed by atoms with van der Waals surface area (Å²) in [6.07, 6.45) is 3.17. The minimum atomic E-state index is -3.53. The molecule has 0 bridgehead atoms. The van der Waals surface area contributed by atoms with Crippen molar-refractivity contribution in [2.75, 3.05) is 7.05 Å². The van der Waals surface area contributed by atoms with Crippen LogP contribution in [0.25, 0.3) is 0 Å². The molecule has 0 saturated carbocycles. The van der Waals surface area contributed by atoms with E-state index < -0.39 is 10.0 Å². The first-order valence-corrected chi connectivity index (χ1v) is 7.91. The van der Waals surface area contributed by atoms with Crippen molar-refractivity contribution < 1.29 is 12.8 Å². The van der Waals surface area contributed by atoms with Gasteiger partial charge in [0.15, 0.2) is 0 Å². The smallest absolute Gasteiger partial charge is 0.242 e. The van der Waals surface area contributed by atoms with Crippen LogP contribution in [0.3, 0.4) is 0 Å². The molecule has 110 valence electrons. The second-order valence-corrected chi connectivity index (χ2v) is 6.15. The van der Waals surface area contributed by atoms with Gasteiger partial charge in [-0.25, -0.2) is 13.1 Å². The summed E-state index contributed by atoms with van der Waals surface area (Å²) in [5.41, 5.74) is 0.938. The Morgan fingerprint density at radius 3 is 2.75 bits per heavy atom. The van der Waals surface area contributed by atoms with E-state index in [1.54, 1.807) is 24.4 Å². The number of aromatic nitrogens is 1. The highest BCUT2D eigenvalue weighted by molar-refractivity contribution is 7.89. The molecule has 0 unspecified atom stereocenters. The molecule has 7 heteroatoms. The van der Waals surface area contributed by atoms with Gasteiger partial charge in [0, 0.05) is 25.0 Å². The van der Waals surface area contributed by atoms with Crippen molar-refractivity contribution >= 4 is 10.0 Å². The van der Waals surface area contributed by atoms with Gasteiger partial charge in [-0.15, -0.1) is 0 Å². The SMILES string of the molecule is CCn1cc(S(=O)(=O)NCc2ccco2)cc1CNC. The second-order valence-electron chi connectivity index (χ2n) is 4.39. The average molecular weight is 297 g/mol. The van der Waals surface area contributed by atoms with Gasteiger partial charge < -0.3 is 14.3 Å². The number of furan rings is 1. The van der Waals surface area contributed by atoms with Crippen molar-refractivity contribution in [2.45, 2.75) is 31.5 Å². The van der Waals surface area contributed by atoms with E-state index in [0.717, 1.165) is 12.2 Å². The van der Waals surface area contributed by atoms with Gasteiger partial charge in [-0.2, -0.15) is 0 Å². The number of nitrogens with zero attached hydrogens (tertiary/aromatic N) is 1. The van der Waals surface area contributed by atoms with E-state index in [9.17, 15) is 8.42 Å². The third kappa shape index (κ3) is 3.30. The van der Waals surface area contributed by atoms with Crippen LogP contribution in [-0.2, 0) is 29.7 Å². The van der Waals surface area contributed by atoms with Gasteiger partial charge in [0.2, 0.25) is 10.0 Å². The van der Waals surface area contributed by atoms with E-state index in [1.165, 1.54) is 6.26 Å². The first kappa shape index (κ1) is 14.8. The molecule has 2 aromatic rings. The van der Waals surface area contributed by atoms with Gasteiger partial charge in [0.25, 0.3) is 0 Å². The Morgan fingerprint density at radius 1 is 1.35 bits per heavy atom. The van der Waals surface area contributed by atoms with Gasteiger partial charge >= 0.3 is 0 Å². The highest BCUT2D eigenvalue weighted by Gasteiger charge is 2.18. The Morgan fingerprint density at radius 2 is 2.15 bits per heavy atom. The Hall–Kier alpha value is -1.57. The maximum atomic E-state index is 12.2. The number of rotatable bonds is 7. The summed E-state index contributed by atoms with van der Waals surface area (Å²) < 4.78 is 34.0. The van der Waals surface area contributed by atoms with E-state index in [4.69, 9.17) is 4.42 Å². The normalized spacial score (nSPS) is 11.9. The van der Waals surface area contributed by atoms with Crippen molar-refractivity contribution in [1.82, 2.24) is 14.6 Å². The minimum Gasteiger partial charge on any atom is -0.468 e. The maximum Gasteiger partial charge on any atom is 0.242 e. The molecule has 2 rings (SSSR count). The Balaban J connectivity index is 2.16. The Kier molecular flexibility index (Phi) is 4.64. The quantitative estimate of drug-likeness (QED) is 0.807. The lowest BCUT2D eigenvalue weighted by molar-refractivity contribution is 0.498. The highest BCUT2D eigenvalue weighted by atomic mass is 32.2. The molecule has 2 aromatic heterocycles. The van der Waals surface area contributed by atoms with Crippen LogP contribution in [-0.4, -0.2) is 20.0 Å². The van der Waals surface area contributed by atoms with Crippen LogP contribution >= 0.6 is 0 Å². The molecule has 0 saturated heterocycles. The molecular weight excluding hydrogens is 278 g/mol. The van der Waals surface area contributed by atoms with E-state index in [-0.39, 0.29) is 11.4 Å². The van der Waals surface area contributed by atoms with E-state index >= 15 is 0 Å². The molecule has 6 nitrogen and oxygen atoms in total. The van der Waals surface area contributed by atoms with Crippen LogP contribution in [0.15, 0.2) is 40.0 Å². The molecule has 2 heterocycles. The van der Waals surface area contributed by atoms with Crippen LogP contribution in [0.1, 0.15) is 18.4 Å². The lowest BCUT2D eigenvalue weighted by Gasteiger charge is -2.03. The lowest BCUT2D eigenvalue weighted by atomic mass is 10.4. The predicted molar refractivity (Wildman–Crippen MR) is 75.6 cm³/mol. The van der Waals surface area contributed by atoms with Crippen molar-refractivity contribution in [3.63, 3.8) is 0 Å². The fourth-order valence-electron chi connectivity index (χ4n) is 1.96. The van der Waals surface area contributed by atoms with Gasteiger partial charge in [0.05, 0.1) is 17.7 Å². The summed E-state index contributed by atoms with van der Waals surface area (Å²) in [5.74, 6) is 0.582. The Bertz CT molecular complexity index is 644. The van der Waals surface area contributed by atoms with E-state index in [0.29, 0.717) is 12.3 Å². The summed E-state index contributed by atoms with van der Waals surface area (Å²) in [7, 11) is -1.70. The maximum absolute atomic E-state index is 12.2. The summed E-state index contributed by atoms with van der Waals surface area (Å²) in [6.45, 7) is 3.48. The molecule has 0 spiro atoms. The topological polar surface area (TPSA) is 76.3 Å². The van der Waals surface area contributed by atoms with Crippen LogP contribution < -0.4 is 10.0 Å². The zero-order valence-electron chi connectivity index (χ0n) is 11.6. The monoisotopic (exact) mass is 297 g/mol. The third-order valence-electron chi connectivity index (χ3n) is 2.99. The molecule has 2 N–H and O–H groups in total. The predicted octanol–water partition coefficient (Wildman–Crippen LogP) is 1.30. The van der Waals surface area contributed by atoms with Crippen LogP contribution in [0.5, 0.6) is 0 Å². The zero-order chi connectivity index (χ0) is 14.6. The van der Waals surface area contributed by atoms with Gasteiger partial charge in [0.1, 0.15) is 5.76 Å². The molecule has 0 amide bonds. The minimum absolute atomic E-state index is 0.147. The highest BCUT2D eigenvalue weighted by Crippen LogP contribution is 2.15. The average Bonchev–Trinajstić information content (AvgIpc) is 3.06. The molecule has 0 aliphatic heterocycles. The number of hydrogen-bond acceptors (Lipinski definition) is 4. The molecule has 0 radical (unpaired) electrons. The number of aryl methyl sites for hydroxylation is 1. The molecule has 0 fully saturated rings. The number of hydrogen-bond donors (Lipinski definition) is 2. The van der Waals surface area contributed by atoms with E-state index in [1.807, 2.05) is 18.5 Å². The van der Waals surface area contributed by atoms with Crippen LogP contribution in [0.2, 0.25) is 0 Å². The van der Waals surface area contributed by atoms with Crippen LogP contribution in [0, 0.1) is 0 Å². The molecule has 20 heavy (non-hydrogen) atoms. The molecule has 0 atom stereocenters. The first-order chi connectivity index (χ1) is 9.56. The van der Waals surface area contributed by atoms with E-state index in [2.05, 4.69) is 10.0 Å². The number of nitrogens with one attached hydrogen (secondary N) is 2. The molecule has 0 aliphatic carbocycles. The fourth-order valence-corrected chi connectivity index (χ4v) is 3.01. The fraction of sp³-hybridized carbons (Fsp3) is 0.385. The summed E-state index contributed by atoms with van der Waals surface area (Å²) in [6, 6.07) is 5.14. The van der Waals surface area contributed by atoms with Gasteiger partial charge in [-0.3, -0.25) is 0 Å². The lowest BCUT2D eigenvalue weighted by Crippen LogP contribution is -2.22. The molecule has 0 aliphatic rings. The van der Waals surface area contributed by atoms with Crippen LogP contribution in [0.4, 0.5) is 0 Å². The van der Waals surface area contributed by atoms with Gasteiger partial charge in [-0.05, 0) is 32.2 Å². The summed E-state index contributed by atoms with van der Waals surface area (Å²) >= 11 is 0. The first-order valence-electron chi connectivity index (χ1n) is 6.42. The summed E-state index contributed by atoms with van der Waals surface area (Å²) in [5, 5.41) is 3.03. The zero-order valence-corrected chi connectivity index (χ0v) is 12.4. The molecular formula is C13H19N3O3S. The number of sulfonamides is 1. The third-order valence-corrected chi connectivity index (χ3v) is 4.35. The largest absolute Gasteiger partial charge is 0.468 e. The van der Waals surface area contributed by atoms with Gasteiger partial charge in [-0.1, -0.05) is 0 Å². The second kappa shape index (κ2) is 6.25. The van der Waals surface area contributed by atoms with Crippen molar-refractivity contribution in [3.8, 4) is 0 Å². The van der Waals surface area contributed by atoms with Crippen molar-refractivity contribution in [3.05, 3.63) is 42.1 Å². The standard InChI is InChI=1S/C13H19N3O3S/c1-3-16-10-13(7-11(16)8-14-2)20(17,18)15-9-12-5-4-6-19-12/h4-7,10,14-15H,3,8-9H2,1-2H3. The van der Waals surface area contributed by atoms with Crippen molar-refractivity contribution in [1.29, 1.82) is 0 Å². The molecule has 0 aromatic carbocycles. The Labute approximate surface area is 118 Å².